The number of hydrogen-bond donors (Lipinski definition) is 1. The van der Waals surface area contributed by atoms with E-state index in [2.05, 4.69) is 4.98 Å². The van der Waals surface area contributed by atoms with Crippen LogP contribution in [0.15, 0.2) is 54.7 Å². The molecule has 0 aliphatic carbocycles. The first-order chi connectivity index (χ1) is 13.0. The molecule has 3 aromatic rings. The zero-order valence-corrected chi connectivity index (χ0v) is 14.6. The third-order valence-electron chi connectivity index (χ3n) is 4.08. The van der Waals surface area contributed by atoms with Crippen LogP contribution in [-0.2, 0) is 6.61 Å². The topological polar surface area (TPSA) is 89.0 Å². The number of primary amides is 1. The van der Waals surface area contributed by atoms with Crippen LogP contribution < -0.4 is 10.5 Å². The Labute approximate surface area is 155 Å². The maximum Gasteiger partial charge on any atom is 0.248 e. The van der Waals surface area contributed by atoms with Crippen LogP contribution in [0.3, 0.4) is 0 Å². The first kappa shape index (κ1) is 18.1. The lowest BCUT2D eigenvalue weighted by Crippen LogP contribution is -2.12. The van der Waals surface area contributed by atoms with Gasteiger partial charge in [0.05, 0.1) is 11.3 Å². The van der Waals surface area contributed by atoms with Gasteiger partial charge in [-0.25, -0.2) is 4.39 Å². The molecule has 1 heterocycles. The molecule has 5 nitrogen and oxygen atoms in total. The first-order valence-corrected chi connectivity index (χ1v) is 8.16. The van der Waals surface area contributed by atoms with Crippen LogP contribution in [0.5, 0.6) is 5.75 Å². The van der Waals surface area contributed by atoms with Crippen molar-refractivity contribution in [3.8, 4) is 23.1 Å². The lowest BCUT2D eigenvalue weighted by molar-refractivity contribution is 0.0999. The van der Waals surface area contributed by atoms with E-state index in [1.54, 1.807) is 24.4 Å². The zero-order valence-electron chi connectivity index (χ0n) is 14.6. The maximum atomic E-state index is 13.4. The molecule has 0 radical (unpaired) electrons. The number of rotatable bonds is 5. The second-order valence-electron chi connectivity index (χ2n) is 5.99. The summed E-state index contributed by atoms with van der Waals surface area (Å²) in [4.78, 5) is 15.7. The molecule has 0 aliphatic rings. The molecule has 1 amide bonds. The summed E-state index contributed by atoms with van der Waals surface area (Å²) >= 11 is 0. The monoisotopic (exact) mass is 361 g/mol. The quantitative estimate of drug-likeness (QED) is 0.749. The summed E-state index contributed by atoms with van der Waals surface area (Å²) in [5, 5.41) is 8.88. The Hall–Kier alpha value is -3.72. The smallest absolute Gasteiger partial charge is 0.248 e. The van der Waals surface area contributed by atoms with E-state index in [9.17, 15) is 9.18 Å². The average Bonchev–Trinajstić information content (AvgIpc) is 2.67. The van der Waals surface area contributed by atoms with Gasteiger partial charge in [0.25, 0.3) is 0 Å². The second kappa shape index (κ2) is 7.67. The van der Waals surface area contributed by atoms with Gasteiger partial charge in [0.15, 0.2) is 0 Å². The van der Waals surface area contributed by atoms with Crippen molar-refractivity contribution in [3.05, 3.63) is 82.8 Å². The number of pyridine rings is 1. The zero-order chi connectivity index (χ0) is 19.4. The minimum atomic E-state index is -0.578. The van der Waals surface area contributed by atoms with Crippen molar-refractivity contribution in [2.45, 2.75) is 13.5 Å². The Morgan fingerprint density at radius 3 is 2.74 bits per heavy atom. The highest BCUT2D eigenvalue weighted by Gasteiger charge is 2.08. The van der Waals surface area contributed by atoms with Crippen molar-refractivity contribution in [1.82, 2.24) is 4.98 Å². The molecule has 0 unspecified atom stereocenters. The lowest BCUT2D eigenvalue weighted by Gasteiger charge is -2.09. The molecule has 2 aromatic carbocycles. The first-order valence-electron chi connectivity index (χ1n) is 8.16. The van der Waals surface area contributed by atoms with E-state index in [1.807, 2.05) is 25.1 Å². The van der Waals surface area contributed by atoms with Crippen LogP contribution in [0.2, 0.25) is 0 Å². The van der Waals surface area contributed by atoms with Crippen molar-refractivity contribution < 1.29 is 13.9 Å². The third kappa shape index (κ3) is 4.10. The van der Waals surface area contributed by atoms with E-state index in [4.69, 9.17) is 15.7 Å². The van der Waals surface area contributed by atoms with Crippen LogP contribution >= 0.6 is 0 Å². The van der Waals surface area contributed by atoms with Gasteiger partial charge in [-0.1, -0.05) is 6.07 Å². The van der Waals surface area contributed by atoms with Crippen LogP contribution in [0.25, 0.3) is 11.3 Å². The number of nitrogens with two attached hydrogens (primary N) is 1. The van der Waals surface area contributed by atoms with Crippen LogP contribution in [-0.4, -0.2) is 10.9 Å². The number of hydrogen-bond acceptors (Lipinski definition) is 4. The maximum absolute atomic E-state index is 13.4. The van der Waals surface area contributed by atoms with Crippen molar-refractivity contribution in [1.29, 1.82) is 5.26 Å². The number of aryl methyl sites for hydroxylation is 1. The van der Waals surface area contributed by atoms with Gasteiger partial charge in [-0.2, -0.15) is 5.26 Å². The minimum Gasteiger partial charge on any atom is -0.489 e. The summed E-state index contributed by atoms with van der Waals surface area (Å²) in [5.74, 6) is -0.635. The van der Waals surface area contributed by atoms with Crippen molar-refractivity contribution in [3.63, 3.8) is 0 Å². The summed E-state index contributed by atoms with van der Waals surface area (Å²) in [6.45, 7) is 2.06. The van der Waals surface area contributed by atoms with Crippen LogP contribution in [0, 0.1) is 24.1 Å². The molecule has 0 fully saturated rings. The second-order valence-corrected chi connectivity index (χ2v) is 5.99. The van der Waals surface area contributed by atoms with E-state index in [0.29, 0.717) is 11.3 Å². The average molecular weight is 361 g/mol. The van der Waals surface area contributed by atoms with Crippen LogP contribution in [0.1, 0.15) is 27.0 Å². The fourth-order valence-electron chi connectivity index (χ4n) is 2.67. The molecule has 134 valence electrons. The Bertz CT molecular complexity index is 1060. The summed E-state index contributed by atoms with van der Waals surface area (Å²) in [5.41, 5.74) is 8.97. The number of carbonyl (C=O) groups excluding carboxylic acids is 1. The molecule has 0 saturated carbocycles. The number of halogens is 1. The minimum absolute atomic E-state index is 0.0621. The molecule has 0 spiro atoms. The summed E-state index contributed by atoms with van der Waals surface area (Å²) in [7, 11) is 0. The summed E-state index contributed by atoms with van der Waals surface area (Å²) in [6, 6.07) is 14.8. The number of ether oxygens (including phenoxy) is 1. The van der Waals surface area contributed by atoms with E-state index < -0.39 is 11.7 Å². The number of aromatic nitrogens is 1. The number of nitriles is 1. The Balaban J connectivity index is 1.79. The van der Waals surface area contributed by atoms with Gasteiger partial charge in [0, 0.05) is 23.4 Å². The molecule has 2 N–H and O–H groups in total. The molecule has 0 atom stereocenters. The predicted molar refractivity (Wildman–Crippen MR) is 98.4 cm³/mol. The van der Waals surface area contributed by atoms with Gasteiger partial charge < -0.3 is 10.5 Å². The van der Waals surface area contributed by atoms with Gasteiger partial charge in [-0.3, -0.25) is 9.78 Å². The normalized spacial score (nSPS) is 10.3. The molecule has 0 aliphatic heterocycles. The third-order valence-corrected chi connectivity index (χ3v) is 4.08. The molecule has 27 heavy (non-hydrogen) atoms. The Morgan fingerprint density at radius 2 is 2.04 bits per heavy atom. The van der Waals surface area contributed by atoms with E-state index in [1.165, 1.54) is 18.2 Å². The molecular formula is C21H16FN3O2. The van der Waals surface area contributed by atoms with E-state index >= 15 is 0 Å². The molecule has 1 aromatic heterocycles. The van der Waals surface area contributed by atoms with Gasteiger partial charge in [-0.05, 0) is 54.4 Å². The fraction of sp³-hybridized carbons (Fsp3) is 0.0952. The fourth-order valence-corrected chi connectivity index (χ4v) is 2.67. The standard InChI is InChI=1S/C21H16FN3O2/c1-13-8-15(2-4-18(13)21(24)26)20-9-14(6-7-25-20)12-27-17-3-5-19(22)16(10-17)11-23/h2-10H,12H2,1H3,(H2,24,26). The number of amides is 1. The SMILES string of the molecule is Cc1cc(-c2cc(COc3ccc(F)c(C#N)c3)ccn2)ccc1C(N)=O. The molecular weight excluding hydrogens is 345 g/mol. The van der Waals surface area contributed by atoms with Crippen LogP contribution in [0.4, 0.5) is 4.39 Å². The Morgan fingerprint density at radius 1 is 1.22 bits per heavy atom. The molecule has 3 rings (SSSR count). The van der Waals surface area contributed by atoms with E-state index in [-0.39, 0.29) is 12.2 Å². The van der Waals surface area contributed by atoms with Gasteiger partial charge in [-0.15, -0.1) is 0 Å². The van der Waals surface area contributed by atoms with E-state index in [0.717, 1.165) is 22.4 Å². The van der Waals surface area contributed by atoms with Gasteiger partial charge in [0.1, 0.15) is 24.2 Å². The number of nitrogens with zero attached hydrogens (tertiary/aromatic N) is 2. The highest BCUT2D eigenvalue weighted by Crippen LogP contribution is 2.22. The van der Waals surface area contributed by atoms with Gasteiger partial charge in [0.2, 0.25) is 5.91 Å². The predicted octanol–water partition coefficient (Wildman–Crippen LogP) is 3.75. The molecule has 0 bridgehead atoms. The number of benzene rings is 2. The highest BCUT2D eigenvalue weighted by atomic mass is 19.1. The van der Waals surface area contributed by atoms with Crippen molar-refractivity contribution in [2.24, 2.45) is 5.73 Å². The van der Waals surface area contributed by atoms with Gasteiger partial charge >= 0.3 is 0 Å². The highest BCUT2D eigenvalue weighted by molar-refractivity contribution is 5.94. The van der Waals surface area contributed by atoms with Crippen molar-refractivity contribution in [2.75, 3.05) is 0 Å². The number of carbonyl (C=O) groups is 1. The molecule has 6 heteroatoms. The summed E-state index contributed by atoms with van der Waals surface area (Å²) in [6.07, 6.45) is 1.66. The van der Waals surface area contributed by atoms with Crippen molar-refractivity contribution >= 4 is 5.91 Å². The largest absolute Gasteiger partial charge is 0.489 e. The molecule has 0 saturated heterocycles. The Kier molecular flexibility index (Phi) is 5.13. The lowest BCUT2D eigenvalue weighted by atomic mass is 10.0. The summed E-state index contributed by atoms with van der Waals surface area (Å²) < 4.78 is 19.0.